The Bertz CT molecular complexity index is 389. The Labute approximate surface area is 93.4 Å². The second-order valence-corrected chi connectivity index (χ2v) is 2.35. The van der Waals surface area contributed by atoms with E-state index in [0.29, 0.717) is 5.52 Å². The molecule has 3 radical (unpaired) electrons. The van der Waals surface area contributed by atoms with Gasteiger partial charge < -0.3 is 5.11 Å². The average molecular weight is 299 g/mol. The molecule has 0 bridgehead atoms. The minimum atomic E-state index is 0.239. The van der Waals surface area contributed by atoms with Gasteiger partial charge in [0.25, 0.3) is 0 Å². The van der Waals surface area contributed by atoms with Crippen LogP contribution < -0.4 is 0 Å². The SMILES string of the molecule is Oc1cccc2cccnc12.[Cl][Sn]. The summed E-state index contributed by atoms with van der Waals surface area (Å²) in [5, 5.41) is 10.3. The van der Waals surface area contributed by atoms with Crippen molar-refractivity contribution in [3.8, 4) is 5.75 Å². The first kappa shape index (κ1) is 10.6. The van der Waals surface area contributed by atoms with Gasteiger partial charge in [0.15, 0.2) is 0 Å². The Morgan fingerprint density at radius 3 is 2.54 bits per heavy atom. The van der Waals surface area contributed by atoms with Crippen LogP contribution in [0.25, 0.3) is 10.9 Å². The van der Waals surface area contributed by atoms with Crippen molar-refractivity contribution in [2.75, 3.05) is 0 Å². The molecular weight excluding hydrogens is 292 g/mol. The Morgan fingerprint density at radius 2 is 1.85 bits per heavy atom. The fourth-order valence-corrected chi connectivity index (χ4v) is 1.09. The van der Waals surface area contributed by atoms with Crippen LogP contribution in [0, 0.1) is 0 Å². The van der Waals surface area contributed by atoms with Crippen molar-refractivity contribution in [3.05, 3.63) is 36.5 Å². The first-order chi connectivity index (χ1) is 6.38. The number of hydrogen-bond acceptors (Lipinski definition) is 2. The molecule has 1 N–H and O–H groups in total. The van der Waals surface area contributed by atoms with Crippen molar-refractivity contribution < 1.29 is 5.11 Å². The molecule has 0 aliphatic rings. The van der Waals surface area contributed by atoms with Crippen LogP contribution in [0.5, 0.6) is 5.75 Å². The summed E-state index contributed by atoms with van der Waals surface area (Å²) in [7, 11) is 4.73. The molecule has 13 heavy (non-hydrogen) atoms. The van der Waals surface area contributed by atoms with Gasteiger partial charge in [-0.15, -0.1) is 0 Å². The third-order valence-electron chi connectivity index (χ3n) is 1.61. The summed E-state index contributed by atoms with van der Waals surface area (Å²) in [5.74, 6) is 0.239. The molecule has 1 heterocycles. The second kappa shape index (κ2) is 5.29. The van der Waals surface area contributed by atoms with Gasteiger partial charge in [-0.25, -0.2) is 0 Å². The predicted octanol–water partition coefficient (Wildman–Crippen LogP) is 2.25. The van der Waals surface area contributed by atoms with Crippen LogP contribution in [0.1, 0.15) is 0 Å². The van der Waals surface area contributed by atoms with Crippen LogP contribution in [0.15, 0.2) is 36.5 Å². The molecule has 0 atom stereocenters. The topological polar surface area (TPSA) is 33.1 Å². The maximum absolute atomic E-state index is 9.31. The molecule has 2 nitrogen and oxygen atoms in total. The van der Waals surface area contributed by atoms with Crippen LogP contribution in [0.2, 0.25) is 0 Å². The predicted molar refractivity (Wildman–Crippen MR) is 55.0 cm³/mol. The molecule has 1 aromatic heterocycles. The molecule has 4 heteroatoms. The van der Waals surface area contributed by atoms with E-state index in [0.717, 1.165) is 26.8 Å². The van der Waals surface area contributed by atoms with Crippen molar-refractivity contribution in [1.82, 2.24) is 4.98 Å². The summed E-state index contributed by atoms with van der Waals surface area (Å²) in [6.07, 6.45) is 1.67. The molecule has 0 fully saturated rings. The Balaban J connectivity index is 0.000000396. The van der Waals surface area contributed by atoms with E-state index in [4.69, 9.17) is 8.92 Å². The summed E-state index contributed by atoms with van der Waals surface area (Å²) < 4.78 is 0. The number of fused-ring (bicyclic) bond motifs is 1. The molecule has 2 rings (SSSR count). The van der Waals surface area contributed by atoms with E-state index >= 15 is 0 Å². The van der Waals surface area contributed by atoms with Gasteiger partial charge in [-0.3, -0.25) is 4.98 Å². The number of para-hydroxylation sites is 1. The second-order valence-electron chi connectivity index (χ2n) is 2.35. The number of hydrogen-bond donors (Lipinski definition) is 1. The average Bonchev–Trinajstić information content (AvgIpc) is 2.22. The van der Waals surface area contributed by atoms with Crippen LogP contribution >= 0.6 is 8.92 Å². The van der Waals surface area contributed by atoms with Gasteiger partial charge in [0.05, 0.1) is 0 Å². The third-order valence-corrected chi connectivity index (χ3v) is 1.61. The van der Waals surface area contributed by atoms with E-state index in [1.54, 1.807) is 18.3 Å². The molecular formula is C9H7ClNOSn. The molecule has 0 saturated carbocycles. The number of nitrogens with zero attached hydrogens (tertiary/aromatic N) is 1. The van der Waals surface area contributed by atoms with Gasteiger partial charge in [0.1, 0.15) is 11.3 Å². The van der Waals surface area contributed by atoms with E-state index in [1.165, 1.54) is 0 Å². The normalized spacial score (nSPS) is 9.08. The van der Waals surface area contributed by atoms with E-state index < -0.39 is 0 Å². The molecule has 1 aromatic carbocycles. The van der Waals surface area contributed by atoms with Gasteiger partial charge in [0.2, 0.25) is 0 Å². The Kier molecular flexibility index (Phi) is 4.31. The zero-order valence-electron chi connectivity index (χ0n) is 6.74. The monoisotopic (exact) mass is 300 g/mol. The summed E-state index contributed by atoms with van der Waals surface area (Å²) in [5.41, 5.74) is 0.662. The molecule has 0 spiro atoms. The number of benzene rings is 1. The number of rotatable bonds is 0. The zero-order valence-corrected chi connectivity index (χ0v) is 10.3. The van der Waals surface area contributed by atoms with Crippen LogP contribution in [0.3, 0.4) is 0 Å². The first-order valence-electron chi connectivity index (χ1n) is 3.59. The van der Waals surface area contributed by atoms with Crippen molar-refractivity contribution in [2.45, 2.75) is 0 Å². The third kappa shape index (κ3) is 2.48. The fourth-order valence-electron chi connectivity index (χ4n) is 1.09. The number of phenolic OH excluding ortho intramolecular Hbond substituents is 1. The standard InChI is InChI=1S/C9H7NO.ClH.Sn/c11-8-5-1-3-7-4-2-6-10-9(7)8;;/h1-6,11H;1H;/q;;+1/p-1. The molecule has 0 saturated heterocycles. The quantitative estimate of drug-likeness (QED) is 0.757. The van der Waals surface area contributed by atoms with Gasteiger partial charge in [0, 0.05) is 11.6 Å². The molecule has 0 aliphatic heterocycles. The minimum absolute atomic E-state index is 0.239. The number of aromatic nitrogens is 1. The number of pyridine rings is 1. The summed E-state index contributed by atoms with van der Waals surface area (Å²) >= 11 is 1.02. The molecule has 2 aromatic rings. The first-order valence-corrected chi connectivity index (χ1v) is 7.21. The van der Waals surface area contributed by atoms with E-state index in [9.17, 15) is 5.11 Å². The van der Waals surface area contributed by atoms with Gasteiger partial charge in [-0.2, -0.15) is 0 Å². The summed E-state index contributed by atoms with van der Waals surface area (Å²) in [6.45, 7) is 0. The van der Waals surface area contributed by atoms with Gasteiger partial charge in [-0.1, -0.05) is 18.2 Å². The Morgan fingerprint density at radius 1 is 1.15 bits per heavy atom. The van der Waals surface area contributed by atoms with Gasteiger partial charge in [-0.05, 0) is 12.1 Å². The van der Waals surface area contributed by atoms with Crippen molar-refractivity contribution in [1.29, 1.82) is 0 Å². The van der Waals surface area contributed by atoms with Crippen LogP contribution in [-0.4, -0.2) is 31.5 Å². The van der Waals surface area contributed by atoms with E-state index in [-0.39, 0.29) is 5.75 Å². The van der Waals surface area contributed by atoms with Crippen LogP contribution in [0.4, 0.5) is 0 Å². The van der Waals surface area contributed by atoms with Crippen molar-refractivity contribution in [3.63, 3.8) is 0 Å². The van der Waals surface area contributed by atoms with E-state index in [1.807, 2.05) is 18.2 Å². The molecule has 0 unspecified atom stereocenters. The fraction of sp³-hybridized carbons (Fsp3) is 0. The summed E-state index contributed by atoms with van der Waals surface area (Å²) in [4.78, 5) is 4.03. The van der Waals surface area contributed by atoms with Crippen molar-refractivity contribution in [2.24, 2.45) is 0 Å². The van der Waals surface area contributed by atoms with Crippen molar-refractivity contribution >= 4 is 41.2 Å². The maximum atomic E-state index is 9.31. The Hall–Kier alpha value is -0.481. The zero-order chi connectivity index (χ0) is 9.68. The number of halogens is 1. The molecule has 0 aliphatic carbocycles. The summed E-state index contributed by atoms with van der Waals surface area (Å²) in [6, 6.07) is 9.13. The van der Waals surface area contributed by atoms with Gasteiger partial charge >= 0.3 is 30.3 Å². The number of phenols is 1. The molecule has 0 amide bonds. The van der Waals surface area contributed by atoms with Crippen LogP contribution in [-0.2, 0) is 0 Å². The molecule has 65 valence electrons. The number of aromatic hydroxyl groups is 1. The van der Waals surface area contributed by atoms with E-state index in [2.05, 4.69) is 4.98 Å².